The highest BCUT2D eigenvalue weighted by atomic mass is 16.4. The monoisotopic (exact) mass is 750 g/mol. The summed E-state index contributed by atoms with van der Waals surface area (Å²) < 4.78 is 0. The molecule has 0 aromatic heterocycles. The summed E-state index contributed by atoms with van der Waals surface area (Å²) in [6, 6.07) is 12.8. The van der Waals surface area contributed by atoms with Crippen LogP contribution in [0.25, 0.3) is 0 Å². The van der Waals surface area contributed by atoms with Crippen molar-refractivity contribution in [2.24, 2.45) is 29.4 Å². The van der Waals surface area contributed by atoms with Crippen molar-refractivity contribution in [3.8, 4) is 0 Å². The fraction of sp³-hybridized carbons (Fsp3) is 0.561. The van der Waals surface area contributed by atoms with E-state index in [1.807, 2.05) is 81.4 Å². The molecule has 0 heterocycles. The molecule has 0 fully saturated rings. The Morgan fingerprint density at radius 1 is 0.630 bits per heavy atom. The first-order chi connectivity index (χ1) is 25.4. The van der Waals surface area contributed by atoms with E-state index in [-0.39, 0.29) is 48.8 Å². The van der Waals surface area contributed by atoms with Crippen LogP contribution in [0.1, 0.15) is 85.8 Å². The van der Waals surface area contributed by atoms with Crippen molar-refractivity contribution in [1.29, 1.82) is 0 Å². The van der Waals surface area contributed by atoms with E-state index in [0.29, 0.717) is 12.8 Å². The Morgan fingerprint density at radius 3 is 1.65 bits per heavy atom. The van der Waals surface area contributed by atoms with Gasteiger partial charge in [0.1, 0.15) is 24.2 Å². The molecule has 2 unspecified atom stereocenters. The Hall–Kier alpha value is -4.78. The zero-order valence-electron chi connectivity index (χ0n) is 33.1. The number of amides is 5. The molecule has 298 valence electrons. The lowest BCUT2D eigenvalue weighted by Gasteiger charge is -2.31. The van der Waals surface area contributed by atoms with Gasteiger partial charge in [-0.15, -0.1) is 0 Å². The van der Waals surface area contributed by atoms with Gasteiger partial charge in [0.2, 0.25) is 29.5 Å². The number of carbonyl (C=O) groups is 6. The topological polar surface area (TPSA) is 209 Å². The first-order valence-electron chi connectivity index (χ1n) is 19.0. The predicted octanol–water partition coefficient (Wildman–Crippen LogP) is 3.10. The van der Waals surface area contributed by atoms with Crippen LogP contribution in [0.5, 0.6) is 0 Å². The third-order valence-corrected chi connectivity index (χ3v) is 9.42. The number of carboxylic acid groups (broad SMARTS) is 1. The first-order valence-corrected chi connectivity index (χ1v) is 19.0. The molecule has 13 heteroatoms. The van der Waals surface area contributed by atoms with E-state index in [1.165, 1.54) is 0 Å². The van der Waals surface area contributed by atoms with E-state index >= 15 is 0 Å². The van der Waals surface area contributed by atoms with Gasteiger partial charge < -0.3 is 37.4 Å². The number of nitrogens with one attached hydrogen (secondary N) is 5. The summed E-state index contributed by atoms with van der Waals surface area (Å²) in [5, 5.41) is 23.6. The second-order valence-electron chi connectivity index (χ2n) is 15.3. The second kappa shape index (κ2) is 22.4. The lowest BCUT2D eigenvalue weighted by Crippen LogP contribution is -2.60. The first kappa shape index (κ1) is 45.4. The van der Waals surface area contributed by atoms with Crippen molar-refractivity contribution in [3.05, 3.63) is 71.8 Å². The maximum atomic E-state index is 14.0. The highest BCUT2D eigenvalue weighted by Gasteiger charge is 2.34. The normalized spacial score (nSPS) is 15.3. The smallest absolute Gasteiger partial charge is 0.326 e. The molecule has 0 spiro atoms. The summed E-state index contributed by atoms with van der Waals surface area (Å²) in [6.07, 6.45) is 1.02. The molecular weight excluding hydrogens is 688 g/mol. The van der Waals surface area contributed by atoms with Gasteiger partial charge in [-0.3, -0.25) is 24.0 Å². The average Bonchev–Trinajstić information content (AvgIpc) is 3.10. The van der Waals surface area contributed by atoms with Gasteiger partial charge in [-0.25, -0.2) is 4.79 Å². The summed E-state index contributed by atoms with van der Waals surface area (Å²) in [6.45, 7) is 14.5. The average molecular weight is 751 g/mol. The van der Waals surface area contributed by atoms with Crippen molar-refractivity contribution >= 4 is 35.5 Å². The number of carboxylic acids is 1. The van der Waals surface area contributed by atoms with Crippen LogP contribution in [-0.2, 0) is 41.6 Å². The molecule has 0 saturated heterocycles. The summed E-state index contributed by atoms with van der Waals surface area (Å²) in [5.41, 5.74) is 8.31. The van der Waals surface area contributed by atoms with Gasteiger partial charge in [-0.2, -0.15) is 0 Å². The maximum absolute atomic E-state index is 14.0. The Kier molecular flexibility index (Phi) is 18.9. The van der Waals surface area contributed by atoms with Gasteiger partial charge in [-0.1, -0.05) is 122 Å². The number of hydrogen-bond acceptors (Lipinski definition) is 7. The lowest BCUT2D eigenvalue weighted by molar-refractivity contribution is -0.143. The minimum absolute atomic E-state index is 0.0725. The maximum Gasteiger partial charge on any atom is 0.326 e. The molecule has 0 aliphatic heterocycles. The van der Waals surface area contributed by atoms with Crippen LogP contribution < -0.4 is 32.3 Å². The van der Waals surface area contributed by atoms with Gasteiger partial charge in [0.15, 0.2) is 0 Å². The van der Waals surface area contributed by atoms with Crippen molar-refractivity contribution in [3.63, 3.8) is 0 Å². The fourth-order valence-corrected chi connectivity index (χ4v) is 6.02. The Bertz CT molecular complexity index is 1520. The fourth-order valence-electron chi connectivity index (χ4n) is 6.02. The molecule has 2 rings (SSSR count). The minimum Gasteiger partial charge on any atom is -0.480 e. The van der Waals surface area contributed by atoms with Crippen LogP contribution in [-0.4, -0.2) is 76.9 Å². The van der Waals surface area contributed by atoms with E-state index in [2.05, 4.69) is 26.6 Å². The van der Waals surface area contributed by atoms with Crippen molar-refractivity contribution in [1.82, 2.24) is 26.6 Å². The van der Waals surface area contributed by atoms with Crippen LogP contribution in [0.2, 0.25) is 0 Å². The molecule has 0 aliphatic rings. The predicted molar refractivity (Wildman–Crippen MR) is 209 cm³/mol. The number of rotatable bonds is 22. The number of carbonyl (C=O) groups excluding carboxylic acids is 5. The third-order valence-electron chi connectivity index (χ3n) is 9.42. The molecule has 0 saturated carbocycles. The van der Waals surface area contributed by atoms with Crippen molar-refractivity contribution in [2.45, 2.75) is 124 Å². The van der Waals surface area contributed by atoms with E-state index in [0.717, 1.165) is 11.1 Å². The van der Waals surface area contributed by atoms with E-state index in [9.17, 15) is 33.9 Å². The third kappa shape index (κ3) is 15.3. The summed E-state index contributed by atoms with van der Waals surface area (Å²) in [4.78, 5) is 79.0. The SMILES string of the molecule is CC[C@H](C)[C@H](NC(=O)C[C@H](N)[C@H](Cc1ccccc1)NC(=O)C(NC(=O)[C@H](CC(C)C)NC(=O)Cc1ccccc1)C(C)C)C(=O)NC(C(=O)O)C(C)C. The number of nitrogens with two attached hydrogens (primary N) is 1. The molecule has 2 aromatic carbocycles. The number of aliphatic carboxylic acids is 1. The van der Waals surface area contributed by atoms with Crippen LogP contribution in [0.15, 0.2) is 60.7 Å². The molecule has 0 bridgehead atoms. The minimum atomic E-state index is -1.17. The molecule has 7 atom stereocenters. The van der Waals surface area contributed by atoms with Crippen LogP contribution in [0.3, 0.4) is 0 Å². The second-order valence-corrected chi connectivity index (χ2v) is 15.3. The quantitative estimate of drug-likeness (QED) is 0.0949. The summed E-state index contributed by atoms with van der Waals surface area (Å²) >= 11 is 0. The largest absolute Gasteiger partial charge is 0.480 e. The standard InChI is InChI=1S/C41H62N6O7/c1-9-27(8)37(40(52)47-36(26(6)7)41(53)54)45-34(49)23-30(42)31(21-28-16-12-10-13-17-28)44-39(51)35(25(4)5)46-38(50)32(20-24(2)3)43-33(48)22-29-18-14-11-15-19-29/h10-19,24-27,30-32,35-37H,9,20-23,42H2,1-8H3,(H,43,48)(H,44,51)(H,45,49)(H,46,50)(H,47,52)(H,53,54)/t27-,30-,31-,32-,35?,36?,37-/m0/s1. The zero-order chi connectivity index (χ0) is 40.5. The van der Waals surface area contributed by atoms with Crippen LogP contribution in [0.4, 0.5) is 0 Å². The van der Waals surface area contributed by atoms with Gasteiger partial charge in [-0.05, 0) is 47.6 Å². The lowest BCUT2D eigenvalue weighted by atomic mass is 9.94. The molecule has 13 nitrogen and oxygen atoms in total. The summed E-state index contributed by atoms with van der Waals surface area (Å²) in [5.74, 6) is -4.59. The number of hydrogen-bond donors (Lipinski definition) is 7. The van der Waals surface area contributed by atoms with Gasteiger partial charge >= 0.3 is 5.97 Å². The highest BCUT2D eigenvalue weighted by molar-refractivity contribution is 5.93. The number of benzene rings is 2. The van der Waals surface area contributed by atoms with E-state index < -0.39 is 65.8 Å². The molecule has 0 aliphatic carbocycles. The van der Waals surface area contributed by atoms with Gasteiger partial charge in [0.25, 0.3) is 0 Å². The molecular formula is C41H62N6O7. The van der Waals surface area contributed by atoms with Gasteiger partial charge in [0, 0.05) is 18.5 Å². The van der Waals surface area contributed by atoms with E-state index in [4.69, 9.17) is 5.73 Å². The highest BCUT2D eigenvalue weighted by Crippen LogP contribution is 2.14. The summed E-state index contributed by atoms with van der Waals surface area (Å²) in [7, 11) is 0. The van der Waals surface area contributed by atoms with Crippen molar-refractivity contribution in [2.75, 3.05) is 0 Å². The molecule has 54 heavy (non-hydrogen) atoms. The van der Waals surface area contributed by atoms with Crippen LogP contribution in [0, 0.1) is 23.7 Å². The Morgan fingerprint density at radius 2 is 1.15 bits per heavy atom. The van der Waals surface area contributed by atoms with E-state index in [1.54, 1.807) is 34.6 Å². The van der Waals surface area contributed by atoms with Gasteiger partial charge in [0.05, 0.1) is 6.42 Å². The Labute approximate surface area is 320 Å². The van der Waals surface area contributed by atoms with Crippen LogP contribution >= 0.6 is 0 Å². The zero-order valence-corrected chi connectivity index (χ0v) is 33.1. The molecule has 2 aromatic rings. The Balaban J connectivity index is 2.25. The molecule has 5 amide bonds. The molecule has 8 N–H and O–H groups in total. The van der Waals surface area contributed by atoms with Crippen molar-refractivity contribution < 1.29 is 33.9 Å². The molecule has 0 radical (unpaired) electrons.